The molecule has 1 aromatic carbocycles. The summed E-state index contributed by atoms with van der Waals surface area (Å²) in [5.74, 6) is 0. The van der Waals surface area contributed by atoms with E-state index in [4.69, 9.17) is 11.6 Å². The van der Waals surface area contributed by atoms with Crippen LogP contribution < -0.4 is 5.32 Å². The number of anilines is 1. The van der Waals surface area contributed by atoms with E-state index in [0.717, 1.165) is 17.9 Å². The van der Waals surface area contributed by atoms with Crippen LogP contribution in [0.5, 0.6) is 0 Å². The standard InChI is InChI=1S/C11H14ClN/c1-3-11(2)7-8-4-5-9(12)6-10(8)13-11/h4-6,13H,3,7H2,1-2H3. The van der Waals surface area contributed by atoms with E-state index in [1.165, 1.54) is 11.3 Å². The Morgan fingerprint density at radius 3 is 3.00 bits per heavy atom. The van der Waals surface area contributed by atoms with Crippen molar-refractivity contribution in [2.24, 2.45) is 0 Å². The van der Waals surface area contributed by atoms with Gasteiger partial charge in [0.15, 0.2) is 0 Å². The summed E-state index contributed by atoms with van der Waals surface area (Å²) >= 11 is 5.92. The van der Waals surface area contributed by atoms with E-state index < -0.39 is 0 Å². The van der Waals surface area contributed by atoms with Crippen LogP contribution in [-0.2, 0) is 6.42 Å². The van der Waals surface area contributed by atoms with Crippen molar-refractivity contribution in [3.05, 3.63) is 28.8 Å². The molecule has 0 radical (unpaired) electrons. The van der Waals surface area contributed by atoms with E-state index in [1.807, 2.05) is 12.1 Å². The highest BCUT2D eigenvalue weighted by atomic mass is 35.5. The minimum atomic E-state index is 0.229. The third-order valence-corrected chi connectivity index (χ3v) is 3.10. The highest BCUT2D eigenvalue weighted by Crippen LogP contribution is 2.35. The SMILES string of the molecule is CCC1(C)Cc2ccc(Cl)cc2N1. The smallest absolute Gasteiger partial charge is 0.0426 e. The summed E-state index contributed by atoms with van der Waals surface area (Å²) < 4.78 is 0. The molecular formula is C11H14ClN. The second-order valence-electron chi connectivity index (χ2n) is 4.02. The van der Waals surface area contributed by atoms with Crippen LogP contribution in [0.1, 0.15) is 25.8 Å². The van der Waals surface area contributed by atoms with Crippen molar-refractivity contribution in [2.75, 3.05) is 5.32 Å². The van der Waals surface area contributed by atoms with Crippen molar-refractivity contribution in [3.63, 3.8) is 0 Å². The zero-order valence-corrected chi connectivity index (χ0v) is 8.78. The highest BCUT2D eigenvalue weighted by Gasteiger charge is 2.29. The summed E-state index contributed by atoms with van der Waals surface area (Å²) in [6.45, 7) is 4.46. The number of nitrogens with one attached hydrogen (secondary N) is 1. The molecule has 0 saturated carbocycles. The molecule has 1 aliphatic heterocycles. The van der Waals surface area contributed by atoms with Gasteiger partial charge in [-0.25, -0.2) is 0 Å². The Balaban J connectivity index is 2.35. The van der Waals surface area contributed by atoms with Gasteiger partial charge in [-0.3, -0.25) is 0 Å². The lowest BCUT2D eigenvalue weighted by Gasteiger charge is -2.22. The first-order chi connectivity index (χ1) is 6.13. The molecule has 0 saturated heterocycles. The monoisotopic (exact) mass is 195 g/mol. The first-order valence-corrected chi connectivity index (χ1v) is 5.07. The van der Waals surface area contributed by atoms with Gasteiger partial charge in [-0.05, 0) is 37.5 Å². The van der Waals surface area contributed by atoms with E-state index in [0.29, 0.717) is 0 Å². The average molecular weight is 196 g/mol. The largest absolute Gasteiger partial charge is 0.379 e. The van der Waals surface area contributed by atoms with Crippen molar-refractivity contribution in [1.82, 2.24) is 0 Å². The lowest BCUT2D eigenvalue weighted by atomic mass is 9.95. The molecule has 13 heavy (non-hydrogen) atoms. The summed E-state index contributed by atoms with van der Waals surface area (Å²) in [5, 5.41) is 4.33. The van der Waals surface area contributed by atoms with Crippen LogP contribution in [0.15, 0.2) is 18.2 Å². The quantitative estimate of drug-likeness (QED) is 0.724. The fourth-order valence-corrected chi connectivity index (χ4v) is 1.99. The number of hydrogen-bond acceptors (Lipinski definition) is 1. The topological polar surface area (TPSA) is 12.0 Å². The number of rotatable bonds is 1. The summed E-state index contributed by atoms with van der Waals surface area (Å²) in [6.07, 6.45) is 2.25. The van der Waals surface area contributed by atoms with Crippen LogP contribution >= 0.6 is 11.6 Å². The fourth-order valence-electron chi connectivity index (χ4n) is 1.82. The van der Waals surface area contributed by atoms with Crippen molar-refractivity contribution in [1.29, 1.82) is 0 Å². The zero-order chi connectivity index (χ0) is 9.47. The Morgan fingerprint density at radius 2 is 2.31 bits per heavy atom. The Morgan fingerprint density at radius 1 is 1.54 bits per heavy atom. The van der Waals surface area contributed by atoms with Gasteiger partial charge >= 0.3 is 0 Å². The minimum Gasteiger partial charge on any atom is -0.379 e. The lowest BCUT2D eigenvalue weighted by Crippen LogP contribution is -2.30. The Bertz CT molecular complexity index is 335. The first-order valence-electron chi connectivity index (χ1n) is 4.69. The maximum Gasteiger partial charge on any atom is 0.0426 e. The van der Waals surface area contributed by atoms with Gasteiger partial charge in [0.2, 0.25) is 0 Å². The molecule has 1 nitrogen and oxygen atoms in total. The summed E-state index contributed by atoms with van der Waals surface area (Å²) in [7, 11) is 0. The van der Waals surface area contributed by atoms with Gasteiger partial charge in [-0.2, -0.15) is 0 Å². The van der Waals surface area contributed by atoms with Gasteiger partial charge in [0.25, 0.3) is 0 Å². The van der Waals surface area contributed by atoms with E-state index in [1.54, 1.807) is 0 Å². The van der Waals surface area contributed by atoms with Crippen molar-refractivity contribution < 1.29 is 0 Å². The molecule has 1 aliphatic rings. The summed E-state index contributed by atoms with van der Waals surface area (Å²) in [5.41, 5.74) is 2.82. The second-order valence-corrected chi connectivity index (χ2v) is 4.45. The maximum atomic E-state index is 5.92. The predicted molar refractivity (Wildman–Crippen MR) is 57.5 cm³/mol. The maximum absolute atomic E-state index is 5.92. The molecular weight excluding hydrogens is 182 g/mol. The predicted octanol–water partition coefficient (Wildman–Crippen LogP) is 3.48. The third kappa shape index (κ3) is 1.53. The van der Waals surface area contributed by atoms with Gasteiger partial charge < -0.3 is 5.32 Å². The van der Waals surface area contributed by atoms with Crippen LogP contribution in [0.25, 0.3) is 0 Å². The molecule has 2 rings (SSSR count). The molecule has 1 N–H and O–H groups in total. The molecule has 1 atom stereocenters. The average Bonchev–Trinajstić information content (AvgIpc) is 2.42. The number of halogens is 1. The molecule has 70 valence electrons. The third-order valence-electron chi connectivity index (χ3n) is 2.87. The van der Waals surface area contributed by atoms with E-state index in [2.05, 4.69) is 25.2 Å². The molecule has 2 heteroatoms. The van der Waals surface area contributed by atoms with Gasteiger partial charge in [0.1, 0.15) is 0 Å². The lowest BCUT2D eigenvalue weighted by molar-refractivity contribution is 0.515. The molecule has 1 aromatic rings. The Kier molecular flexibility index (Phi) is 1.99. The molecule has 0 aliphatic carbocycles. The van der Waals surface area contributed by atoms with Gasteiger partial charge in [0, 0.05) is 16.2 Å². The van der Waals surface area contributed by atoms with Crippen LogP contribution in [0.4, 0.5) is 5.69 Å². The number of benzene rings is 1. The summed E-state index contributed by atoms with van der Waals surface area (Å²) in [4.78, 5) is 0. The molecule has 0 bridgehead atoms. The van der Waals surface area contributed by atoms with Crippen molar-refractivity contribution in [2.45, 2.75) is 32.2 Å². The molecule has 0 fully saturated rings. The normalized spacial score (nSPS) is 25.5. The Labute approximate surface area is 84.1 Å². The number of fused-ring (bicyclic) bond motifs is 1. The van der Waals surface area contributed by atoms with Crippen LogP contribution in [-0.4, -0.2) is 5.54 Å². The summed E-state index contributed by atoms with van der Waals surface area (Å²) in [6, 6.07) is 6.09. The van der Waals surface area contributed by atoms with Gasteiger partial charge in [0.05, 0.1) is 0 Å². The van der Waals surface area contributed by atoms with Crippen LogP contribution in [0.2, 0.25) is 5.02 Å². The first kappa shape index (κ1) is 8.89. The molecule has 1 heterocycles. The Hall–Kier alpha value is -0.690. The van der Waals surface area contributed by atoms with Crippen molar-refractivity contribution >= 4 is 17.3 Å². The fraction of sp³-hybridized carbons (Fsp3) is 0.455. The molecule has 1 unspecified atom stereocenters. The van der Waals surface area contributed by atoms with Crippen LogP contribution in [0, 0.1) is 0 Å². The van der Waals surface area contributed by atoms with Crippen LogP contribution in [0.3, 0.4) is 0 Å². The number of hydrogen-bond donors (Lipinski definition) is 1. The molecule has 0 spiro atoms. The van der Waals surface area contributed by atoms with E-state index >= 15 is 0 Å². The van der Waals surface area contributed by atoms with E-state index in [9.17, 15) is 0 Å². The highest BCUT2D eigenvalue weighted by molar-refractivity contribution is 6.30. The minimum absolute atomic E-state index is 0.229. The second kappa shape index (κ2) is 2.91. The molecule has 0 amide bonds. The molecule has 0 aromatic heterocycles. The van der Waals surface area contributed by atoms with Gasteiger partial charge in [-0.15, -0.1) is 0 Å². The van der Waals surface area contributed by atoms with E-state index in [-0.39, 0.29) is 5.54 Å². The zero-order valence-electron chi connectivity index (χ0n) is 8.02. The van der Waals surface area contributed by atoms with Gasteiger partial charge in [-0.1, -0.05) is 24.6 Å². The van der Waals surface area contributed by atoms with Crippen molar-refractivity contribution in [3.8, 4) is 0 Å².